The van der Waals surface area contributed by atoms with Crippen LogP contribution in [0.2, 0.25) is 0 Å². The molecule has 0 spiro atoms. The maximum atomic E-state index is 14.1. The minimum absolute atomic E-state index is 0.0471. The van der Waals surface area contributed by atoms with Crippen LogP contribution in [-0.2, 0) is 17.8 Å². The summed E-state index contributed by atoms with van der Waals surface area (Å²) in [5, 5.41) is 17.6. The average Bonchev–Trinajstić information content (AvgIpc) is 3.05. The molecule has 0 aliphatic heterocycles. The van der Waals surface area contributed by atoms with Crippen molar-refractivity contribution in [2.45, 2.75) is 84.5 Å². The number of rotatable bonds is 20. The highest BCUT2D eigenvalue weighted by atomic mass is 19.1. The van der Waals surface area contributed by atoms with E-state index in [0.29, 0.717) is 31.7 Å². The van der Waals surface area contributed by atoms with Crippen LogP contribution in [0.3, 0.4) is 0 Å². The van der Waals surface area contributed by atoms with E-state index in [4.69, 9.17) is 0 Å². The highest BCUT2D eigenvalue weighted by Crippen LogP contribution is 2.16. The number of benzene rings is 3. The summed E-state index contributed by atoms with van der Waals surface area (Å²) in [5.41, 5.74) is 2.63. The highest BCUT2D eigenvalue weighted by molar-refractivity contribution is 6.00. The van der Waals surface area contributed by atoms with Gasteiger partial charge in [-0.25, -0.2) is 8.78 Å². The summed E-state index contributed by atoms with van der Waals surface area (Å²) >= 11 is 0. The van der Waals surface area contributed by atoms with Gasteiger partial charge >= 0.3 is 0 Å². The van der Waals surface area contributed by atoms with Crippen molar-refractivity contribution < 1.29 is 28.3 Å². The summed E-state index contributed by atoms with van der Waals surface area (Å²) in [6.45, 7) is 9.93. The van der Waals surface area contributed by atoms with E-state index in [1.807, 2.05) is 51.1 Å². The van der Waals surface area contributed by atoms with E-state index in [0.717, 1.165) is 49.3 Å². The monoisotopic (exact) mass is 664 g/mol. The van der Waals surface area contributed by atoms with Crippen LogP contribution in [0.25, 0.3) is 0 Å². The Balaban J connectivity index is 1.81. The molecule has 0 aromatic heterocycles. The van der Waals surface area contributed by atoms with E-state index in [9.17, 15) is 28.3 Å². The molecule has 1 unspecified atom stereocenters. The second-order valence-corrected chi connectivity index (χ2v) is 12.4. The van der Waals surface area contributed by atoms with Crippen LogP contribution in [0.4, 0.5) is 8.78 Å². The topological polar surface area (TPSA) is 102 Å². The van der Waals surface area contributed by atoms with Crippen LogP contribution in [0.15, 0.2) is 66.7 Å². The number of carbonyl (C=O) groups is 3. The van der Waals surface area contributed by atoms with Gasteiger partial charge in [-0.15, -0.1) is 0 Å². The fourth-order valence-corrected chi connectivity index (χ4v) is 5.87. The van der Waals surface area contributed by atoms with E-state index >= 15 is 0 Å². The fourth-order valence-electron chi connectivity index (χ4n) is 5.87. The molecule has 0 aliphatic rings. The van der Waals surface area contributed by atoms with Gasteiger partial charge in [-0.2, -0.15) is 0 Å². The Morgan fingerprint density at radius 2 is 1.52 bits per heavy atom. The number of aryl methyl sites for hydroxylation is 1. The third kappa shape index (κ3) is 12.1. The average molecular weight is 665 g/mol. The van der Waals surface area contributed by atoms with Crippen molar-refractivity contribution in [3.8, 4) is 0 Å². The van der Waals surface area contributed by atoms with Crippen molar-refractivity contribution in [1.82, 2.24) is 20.4 Å². The van der Waals surface area contributed by atoms with Gasteiger partial charge in [-0.05, 0) is 79.6 Å². The molecule has 0 heterocycles. The normalized spacial score (nSPS) is 13.0. The zero-order chi connectivity index (χ0) is 35.1. The first kappa shape index (κ1) is 38.3. The summed E-state index contributed by atoms with van der Waals surface area (Å²) in [6.07, 6.45) is 2.77. The lowest BCUT2D eigenvalue weighted by molar-refractivity contribution is -0.119. The van der Waals surface area contributed by atoms with E-state index in [1.54, 1.807) is 34.9 Å². The SMILES string of the molecule is CCCC(CN(C=O)Cc1ccccc1)NC[C@@H](O)[C@H](Cc1cc(F)cc(F)c1)NC(=O)c1cc(C)cc(C(=O)N(CCC)CCC)c1. The molecule has 3 aromatic rings. The van der Waals surface area contributed by atoms with E-state index in [1.165, 1.54) is 12.1 Å². The van der Waals surface area contributed by atoms with Gasteiger partial charge in [0.25, 0.3) is 11.8 Å². The predicted molar refractivity (Wildman–Crippen MR) is 185 cm³/mol. The first-order valence-corrected chi connectivity index (χ1v) is 16.9. The van der Waals surface area contributed by atoms with Crippen LogP contribution in [0.5, 0.6) is 0 Å². The summed E-state index contributed by atoms with van der Waals surface area (Å²) in [6, 6.07) is 16.6. The van der Waals surface area contributed by atoms with E-state index in [2.05, 4.69) is 10.6 Å². The lowest BCUT2D eigenvalue weighted by Gasteiger charge is -2.29. The highest BCUT2D eigenvalue weighted by Gasteiger charge is 2.25. The van der Waals surface area contributed by atoms with Crippen LogP contribution >= 0.6 is 0 Å². The van der Waals surface area contributed by atoms with Crippen molar-refractivity contribution in [1.29, 1.82) is 0 Å². The van der Waals surface area contributed by atoms with Gasteiger partial charge in [0.15, 0.2) is 0 Å². The molecule has 48 heavy (non-hydrogen) atoms. The molecular formula is C38H50F2N4O4. The van der Waals surface area contributed by atoms with Crippen molar-refractivity contribution >= 4 is 18.2 Å². The van der Waals surface area contributed by atoms with Gasteiger partial charge in [0, 0.05) is 56.0 Å². The van der Waals surface area contributed by atoms with Crippen LogP contribution in [0, 0.1) is 18.6 Å². The largest absolute Gasteiger partial charge is 0.390 e. The van der Waals surface area contributed by atoms with Crippen molar-refractivity contribution in [3.63, 3.8) is 0 Å². The molecule has 0 saturated heterocycles. The number of carbonyl (C=O) groups excluding carboxylic acids is 3. The summed E-state index contributed by atoms with van der Waals surface area (Å²) in [7, 11) is 0. The molecule has 0 fully saturated rings. The molecule has 0 saturated carbocycles. The molecule has 0 bridgehead atoms. The minimum Gasteiger partial charge on any atom is -0.390 e. The van der Waals surface area contributed by atoms with E-state index < -0.39 is 29.7 Å². The van der Waals surface area contributed by atoms with Gasteiger partial charge in [-0.1, -0.05) is 57.5 Å². The summed E-state index contributed by atoms with van der Waals surface area (Å²) < 4.78 is 28.3. The number of nitrogens with one attached hydrogen (secondary N) is 2. The van der Waals surface area contributed by atoms with Crippen molar-refractivity contribution in [3.05, 3.63) is 106 Å². The molecule has 0 radical (unpaired) electrons. The zero-order valence-electron chi connectivity index (χ0n) is 28.6. The molecular weight excluding hydrogens is 614 g/mol. The Bertz CT molecular complexity index is 1450. The first-order valence-electron chi connectivity index (χ1n) is 16.9. The van der Waals surface area contributed by atoms with Crippen LogP contribution in [-0.4, -0.2) is 77.5 Å². The second-order valence-electron chi connectivity index (χ2n) is 12.4. The van der Waals surface area contributed by atoms with Crippen molar-refractivity contribution in [2.24, 2.45) is 0 Å². The summed E-state index contributed by atoms with van der Waals surface area (Å²) in [4.78, 5) is 42.4. The van der Waals surface area contributed by atoms with Gasteiger partial charge in [0.05, 0.1) is 12.1 Å². The number of amides is 3. The standard InChI is InChI=1S/C38H50F2N4O4/c1-5-11-34(25-43(26-45)24-28-12-9-8-10-13-28)41-23-36(46)35(20-29-18-32(39)22-33(40)19-29)42-37(47)30-16-27(4)17-31(21-30)38(48)44(14-6-2)15-7-3/h8-10,12-13,16-19,21-22,26,34-36,41,46H,5-7,11,14-15,20,23-25H2,1-4H3,(H,42,47)/t34?,35-,36+/m0/s1. The van der Waals surface area contributed by atoms with Gasteiger partial charge in [0.2, 0.25) is 6.41 Å². The Morgan fingerprint density at radius 1 is 0.875 bits per heavy atom. The molecule has 10 heteroatoms. The molecule has 3 atom stereocenters. The second kappa shape index (κ2) is 19.6. The number of nitrogens with zero attached hydrogens (tertiary/aromatic N) is 2. The van der Waals surface area contributed by atoms with Crippen LogP contribution in [0.1, 0.15) is 83.9 Å². The molecule has 3 N–H and O–H groups in total. The maximum Gasteiger partial charge on any atom is 0.253 e. The van der Waals surface area contributed by atoms with Gasteiger partial charge in [0.1, 0.15) is 11.6 Å². The minimum atomic E-state index is -1.16. The van der Waals surface area contributed by atoms with Gasteiger partial charge < -0.3 is 25.5 Å². The third-order valence-electron chi connectivity index (χ3n) is 8.10. The predicted octanol–water partition coefficient (Wildman–Crippen LogP) is 5.65. The number of halogens is 2. The summed E-state index contributed by atoms with van der Waals surface area (Å²) in [5.74, 6) is -2.20. The van der Waals surface area contributed by atoms with Crippen molar-refractivity contribution in [2.75, 3.05) is 26.2 Å². The smallest absolute Gasteiger partial charge is 0.253 e. The third-order valence-corrected chi connectivity index (χ3v) is 8.10. The number of aliphatic hydroxyl groups is 1. The molecule has 3 rings (SSSR count). The lowest BCUT2D eigenvalue weighted by atomic mass is 9.99. The molecule has 260 valence electrons. The van der Waals surface area contributed by atoms with Gasteiger partial charge in [-0.3, -0.25) is 14.4 Å². The Labute approximate surface area is 283 Å². The molecule has 3 amide bonds. The fraction of sp³-hybridized carbons (Fsp3) is 0.447. The first-order chi connectivity index (χ1) is 23.1. The Kier molecular flexibility index (Phi) is 15.7. The quantitative estimate of drug-likeness (QED) is 0.136. The zero-order valence-corrected chi connectivity index (χ0v) is 28.6. The Hall–Kier alpha value is -4.15. The van der Waals surface area contributed by atoms with Crippen LogP contribution < -0.4 is 10.6 Å². The van der Waals surface area contributed by atoms with E-state index in [-0.39, 0.29) is 36.0 Å². The molecule has 0 aliphatic carbocycles. The number of hydrogen-bond acceptors (Lipinski definition) is 5. The lowest BCUT2D eigenvalue weighted by Crippen LogP contribution is -2.51. The maximum absolute atomic E-state index is 14.1. The number of aliphatic hydroxyl groups excluding tert-OH is 1. The molecule has 3 aromatic carbocycles. The molecule has 8 nitrogen and oxygen atoms in total. The Morgan fingerprint density at radius 3 is 2.12 bits per heavy atom. The number of hydrogen-bond donors (Lipinski definition) is 3.